The summed E-state index contributed by atoms with van der Waals surface area (Å²) in [6, 6.07) is 0. The molecule has 0 bridgehead atoms. The monoisotopic (exact) mass is 631 g/mol. The second kappa shape index (κ2) is 11.7. The fourth-order valence-electron chi connectivity index (χ4n) is 5.53. The fraction of sp³-hybridized carbons (Fsp3) is 0.154. The van der Waals surface area contributed by atoms with E-state index >= 15 is 26.3 Å². The molecule has 0 aliphatic carbocycles. The third-order valence-corrected chi connectivity index (χ3v) is 7.46. The molecule has 43 heavy (non-hydrogen) atoms. The molecule has 0 radical (unpaired) electrons. The maximum atomic E-state index is 15.4. The van der Waals surface area contributed by atoms with Crippen LogP contribution in [0.4, 0.5) is 65.9 Å². The van der Waals surface area contributed by atoms with Crippen molar-refractivity contribution in [2.45, 2.75) is 25.5 Å². The van der Waals surface area contributed by atoms with Crippen molar-refractivity contribution in [2.75, 3.05) is 0 Å². The molecule has 0 fully saturated rings. The van der Waals surface area contributed by atoms with E-state index < -0.39 is 123 Å². The summed E-state index contributed by atoms with van der Waals surface area (Å²) in [5.41, 5.74) is -7.70. The maximum Gasteiger partial charge on any atom is 0.200 e. The number of hydrogen-bond acceptors (Lipinski definition) is 0. The standard InChI is InChI=1S/C26H12B2F15/c29-12-9(13(30)19(36)24(41)18(12)35)28(8-4-3-7-27-5-1-2-6-27,10-14(31)20(37)25(42)21(38)15(10)32)11-16(33)22(39)26(43)23(40)17(11)34/h1-2,5-6H,3-4,7-8H2/q-1. The van der Waals surface area contributed by atoms with E-state index in [1.807, 2.05) is 0 Å². The van der Waals surface area contributed by atoms with Gasteiger partial charge >= 0.3 is 0 Å². The number of allylic oxidation sites excluding steroid dienone is 2. The summed E-state index contributed by atoms with van der Waals surface area (Å²) in [5, 5.41) is 0. The van der Waals surface area contributed by atoms with E-state index in [4.69, 9.17) is 0 Å². The van der Waals surface area contributed by atoms with Gasteiger partial charge in [0, 0.05) is 0 Å². The van der Waals surface area contributed by atoms with Crippen molar-refractivity contribution in [2.24, 2.45) is 0 Å². The van der Waals surface area contributed by atoms with Crippen LogP contribution in [-0.2, 0) is 0 Å². The van der Waals surface area contributed by atoms with Crippen molar-refractivity contribution in [1.29, 1.82) is 0 Å². The Morgan fingerprint density at radius 1 is 0.372 bits per heavy atom. The van der Waals surface area contributed by atoms with Gasteiger partial charge in [-0.15, -0.1) is 28.3 Å². The zero-order chi connectivity index (χ0) is 32.1. The quantitative estimate of drug-likeness (QED) is 0.0853. The van der Waals surface area contributed by atoms with Gasteiger partial charge in [-0.3, -0.25) is 0 Å². The topological polar surface area (TPSA) is 0 Å². The van der Waals surface area contributed by atoms with Crippen LogP contribution in [0.3, 0.4) is 0 Å². The van der Waals surface area contributed by atoms with Gasteiger partial charge in [0.2, 0.25) is 0 Å². The minimum absolute atomic E-state index is 0.0461. The van der Waals surface area contributed by atoms with E-state index in [9.17, 15) is 39.5 Å². The van der Waals surface area contributed by atoms with Gasteiger partial charge in [0.1, 0.15) is 41.0 Å². The molecular formula is C26H12B2F15-. The first-order chi connectivity index (χ1) is 20.1. The van der Waals surface area contributed by atoms with Crippen molar-refractivity contribution in [1.82, 2.24) is 0 Å². The van der Waals surface area contributed by atoms with E-state index in [2.05, 4.69) is 0 Å². The first-order valence-electron chi connectivity index (χ1n) is 12.2. The second-order valence-corrected chi connectivity index (χ2v) is 9.71. The molecule has 0 unspecified atom stereocenters. The van der Waals surface area contributed by atoms with Crippen LogP contribution in [0.2, 0.25) is 12.6 Å². The van der Waals surface area contributed by atoms with Gasteiger partial charge in [0.15, 0.2) is 59.1 Å². The van der Waals surface area contributed by atoms with Crippen molar-refractivity contribution in [3.8, 4) is 0 Å². The smallest absolute Gasteiger partial charge is 0.200 e. The number of unbranched alkanes of at least 4 members (excludes halogenated alkanes) is 1. The molecule has 0 atom stereocenters. The predicted molar refractivity (Wildman–Crippen MR) is 126 cm³/mol. The Balaban J connectivity index is 2.25. The summed E-state index contributed by atoms with van der Waals surface area (Å²) in [6.07, 6.45) is -5.00. The number of rotatable bonds is 8. The van der Waals surface area contributed by atoms with Crippen LogP contribution < -0.4 is 16.4 Å². The molecule has 0 saturated carbocycles. The average molecular weight is 631 g/mol. The van der Waals surface area contributed by atoms with Crippen LogP contribution in [0.25, 0.3) is 0 Å². The summed E-state index contributed by atoms with van der Waals surface area (Å²) in [6.45, 7) is -0.362. The Hall–Kier alpha value is -3.78. The second-order valence-electron chi connectivity index (χ2n) is 9.71. The van der Waals surface area contributed by atoms with E-state index in [1.54, 1.807) is 24.1 Å². The van der Waals surface area contributed by atoms with Crippen LogP contribution in [0.5, 0.6) is 0 Å². The van der Waals surface area contributed by atoms with Crippen LogP contribution >= 0.6 is 0 Å². The minimum Gasteiger partial charge on any atom is -0.207 e. The number of halogens is 15. The number of benzene rings is 3. The molecular weight excluding hydrogens is 619 g/mol. The molecule has 0 saturated heterocycles. The summed E-state index contributed by atoms with van der Waals surface area (Å²) >= 11 is 0. The Morgan fingerprint density at radius 2 is 0.628 bits per heavy atom. The highest BCUT2D eigenvalue weighted by atomic mass is 19.2. The summed E-state index contributed by atoms with van der Waals surface area (Å²) < 4.78 is 221. The SMILES string of the molecule is Fc1c(F)c(F)c([B-](CCCCB2C=CC=C2)(c2c(F)c(F)c(F)c(F)c2F)c2c(F)c(F)c(F)c(F)c2F)c(F)c1F. The zero-order valence-corrected chi connectivity index (χ0v) is 21.0. The molecule has 0 spiro atoms. The lowest BCUT2D eigenvalue weighted by Crippen LogP contribution is -2.73. The zero-order valence-electron chi connectivity index (χ0n) is 21.0. The molecule has 0 nitrogen and oxygen atoms in total. The fourth-order valence-corrected chi connectivity index (χ4v) is 5.53. The summed E-state index contributed by atoms with van der Waals surface area (Å²) in [7, 11) is 0. The van der Waals surface area contributed by atoms with Crippen LogP contribution in [0, 0.1) is 87.3 Å². The van der Waals surface area contributed by atoms with Crippen LogP contribution in [-0.4, -0.2) is 12.9 Å². The van der Waals surface area contributed by atoms with Crippen molar-refractivity contribution in [3.63, 3.8) is 0 Å². The Morgan fingerprint density at radius 3 is 0.907 bits per heavy atom. The summed E-state index contributed by atoms with van der Waals surface area (Å²) in [5.74, 6) is -41.5. The molecule has 1 heterocycles. The van der Waals surface area contributed by atoms with Crippen LogP contribution in [0.15, 0.2) is 24.1 Å². The third kappa shape index (κ3) is 4.89. The lowest BCUT2D eigenvalue weighted by atomic mass is 9.13. The largest absolute Gasteiger partial charge is 0.207 e. The molecule has 3 aromatic carbocycles. The van der Waals surface area contributed by atoms with Gasteiger partial charge in [-0.2, -0.15) is 6.32 Å². The lowest BCUT2D eigenvalue weighted by molar-refractivity contribution is 0.379. The molecule has 0 amide bonds. The molecule has 1 aliphatic heterocycles. The summed E-state index contributed by atoms with van der Waals surface area (Å²) in [4.78, 5) is 0. The molecule has 1 aliphatic rings. The maximum absolute atomic E-state index is 15.4. The lowest BCUT2D eigenvalue weighted by Gasteiger charge is -2.44. The van der Waals surface area contributed by atoms with E-state index in [-0.39, 0.29) is 19.5 Å². The van der Waals surface area contributed by atoms with Gasteiger partial charge in [-0.25, -0.2) is 65.9 Å². The molecule has 0 aromatic heterocycles. The van der Waals surface area contributed by atoms with Gasteiger partial charge in [0.25, 0.3) is 0 Å². The van der Waals surface area contributed by atoms with Gasteiger partial charge in [-0.1, -0.05) is 31.3 Å². The van der Waals surface area contributed by atoms with Crippen LogP contribution in [0.1, 0.15) is 12.8 Å². The molecule has 228 valence electrons. The van der Waals surface area contributed by atoms with E-state index in [0.29, 0.717) is 0 Å². The normalized spacial score (nSPS) is 13.1. The Kier molecular flexibility index (Phi) is 8.76. The Labute approximate surface area is 232 Å². The Bertz CT molecular complexity index is 1430. The van der Waals surface area contributed by atoms with E-state index in [1.165, 1.54) is 0 Å². The molecule has 17 heteroatoms. The third-order valence-electron chi connectivity index (χ3n) is 7.46. The molecule has 4 rings (SSSR count). The highest BCUT2D eigenvalue weighted by molar-refractivity contribution is 7.11. The minimum atomic E-state index is -5.48. The molecule has 3 aromatic rings. The van der Waals surface area contributed by atoms with E-state index in [0.717, 1.165) is 0 Å². The van der Waals surface area contributed by atoms with Gasteiger partial charge < -0.3 is 0 Å². The van der Waals surface area contributed by atoms with Crippen molar-refractivity contribution >= 4 is 29.2 Å². The average Bonchev–Trinajstić information content (AvgIpc) is 3.51. The van der Waals surface area contributed by atoms with Crippen molar-refractivity contribution in [3.05, 3.63) is 111 Å². The van der Waals surface area contributed by atoms with Gasteiger partial charge in [0.05, 0.1) is 0 Å². The highest BCUT2D eigenvalue weighted by Crippen LogP contribution is 2.31. The number of hydrogen-bond donors (Lipinski definition) is 0. The highest BCUT2D eigenvalue weighted by Gasteiger charge is 2.47. The van der Waals surface area contributed by atoms with Gasteiger partial charge in [-0.05, 0) is 0 Å². The first-order valence-corrected chi connectivity index (χ1v) is 12.2. The first kappa shape index (κ1) is 32.1. The van der Waals surface area contributed by atoms with Crippen molar-refractivity contribution < 1.29 is 65.9 Å². The predicted octanol–water partition coefficient (Wildman–Crippen LogP) is 6.72. The molecule has 0 N–H and O–H groups in total.